The maximum absolute atomic E-state index is 11.0. The summed E-state index contributed by atoms with van der Waals surface area (Å²) in [5, 5.41) is 10.9. The number of rotatable bonds is 5. The lowest BCUT2D eigenvalue weighted by Gasteiger charge is -2.19. The molecule has 0 aromatic heterocycles. The first-order valence-corrected chi connectivity index (χ1v) is 7.36. The highest BCUT2D eigenvalue weighted by Crippen LogP contribution is 2.32. The molecule has 0 N–H and O–H groups in total. The second-order valence-corrected chi connectivity index (χ2v) is 5.78. The van der Waals surface area contributed by atoms with E-state index in [1.165, 1.54) is 0 Å². The fourth-order valence-electron chi connectivity index (χ4n) is 2.50. The van der Waals surface area contributed by atoms with Crippen molar-refractivity contribution >= 4 is 17.3 Å². The van der Waals surface area contributed by atoms with Crippen LogP contribution in [0.1, 0.15) is 29.0 Å². The van der Waals surface area contributed by atoms with E-state index in [-0.39, 0.29) is 21.9 Å². The summed E-state index contributed by atoms with van der Waals surface area (Å²) in [6.07, 6.45) is 0.719. The van der Waals surface area contributed by atoms with Gasteiger partial charge in [0.1, 0.15) is 0 Å². The van der Waals surface area contributed by atoms with Gasteiger partial charge in [0, 0.05) is 11.6 Å². The van der Waals surface area contributed by atoms with Crippen LogP contribution in [0.2, 0.25) is 0 Å². The van der Waals surface area contributed by atoms with E-state index in [0.717, 1.165) is 23.1 Å². The lowest BCUT2D eigenvalue weighted by Crippen LogP contribution is -2.09. The summed E-state index contributed by atoms with van der Waals surface area (Å²) in [6.45, 7) is 3.87. The molecule has 0 saturated carbocycles. The van der Waals surface area contributed by atoms with E-state index in [1.54, 1.807) is 19.1 Å². The van der Waals surface area contributed by atoms with Crippen molar-refractivity contribution in [3.63, 3.8) is 0 Å². The predicted octanol–water partition coefficient (Wildman–Crippen LogP) is 5.06. The van der Waals surface area contributed by atoms with Gasteiger partial charge in [-0.25, -0.2) is 0 Å². The topological polar surface area (TPSA) is 43.1 Å². The van der Waals surface area contributed by atoms with Gasteiger partial charge in [-0.15, -0.1) is 11.6 Å². The zero-order valence-electron chi connectivity index (χ0n) is 12.1. The highest BCUT2D eigenvalue weighted by molar-refractivity contribution is 6.21. The molecule has 0 amide bonds. The second-order valence-electron chi connectivity index (χ2n) is 5.31. The zero-order valence-corrected chi connectivity index (χ0v) is 12.9. The van der Waals surface area contributed by atoms with E-state index in [1.807, 2.05) is 36.4 Å². The molecular weight excluding hydrogens is 286 g/mol. The third-order valence-electron chi connectivity index (χ3n) is 3.77. The van der Waals surface area contributed by atoms with Gasteiger partial charge in [0.15, 0.2) is 0 Å². The monoisotopic (exact) mass is 303 g/mol. The van der Waals surface area contributed by atoms with Crippen LogP contribution in [0.15, 0.2) is 48.5 Å². The Hall–Kier alpha value is -1.87. The quantitative estimate of drug-likeness (QED) is 0.440. The molecule has 0 saturated heterocycles. The zero-order chi connectivity index (χ0) is 15.4. The van der Waals surface area contributed by atoms with E-state index in [2.05, 4.69) is 6.92 Å². The van der Waals surface area contributed by atoms with E-state index in [9.17, 15) is 10.1 Å². The highest BCUT2D eigenvalue weighted by atomic mass is 35.5. The summed E-state index contributed by atoms with van der Waals surface area (Å²) in [6, 6.07) is 15.1. The van der Waals surface area contributed by atoms with E-state index in [0.29, 0.717) is 0 Å². The van der Waals surface area contributed by atoms with Crippen LogP contribution in [-0.4, -0.2) is 4.92 Å². The third kappa shape index (κ3) is 3.61. The molecule has 110 valence electrons. The van der Waals surface area contributed by atoms with Gasteiger partial charge in [-0.3, -0.25) is 10.1 Å². The molecule has 0 aliphatic carbocycles. The van der Waals surface area contributed by atoms with E-state index in [4.69, 9.17) is 11.6 Å². The van der Waals surface area contributed by atoms with Gasteiger partial charge >= 0.3 is 0 Å². The summed E-state index contributed by atoms with van der Waals surface area (Å²) in [7, 11) is 0. The van der Waals surface area contributed by atoms with Crippen LogP contribution >= 0.6 is 11.6 Å². The number of hydrogen-bond acceptors (Lipinski definition) is 2. The average Bonchev–Trinajstić information content (AvgIpc) is 2.49. The van der Waals surface area contributed by atoms with Crippen LogP contribution in [0.25, 0.3) is 0 Å². The van der Waals surface area contributed by atoms with Crippen LogP contribution < -0.4 is 0 Å². The molecule has 0 fully saturated rings. The first kappa shape index (κ1) is 15.5. The lowest BCUT2D eigenvalue weighted by molar-refractivity contribution is -0.385. The van der Waals surface area contributed by atoms with E-state index < -0.39 is 0 Å². The van der Waals surface area contributed by atoms with E-state index >= 15 is 0 Å². The number of alkyl halides is 1. The largest absolute Gasteiger partial charge is 0.272 e. The van der Waals surface area contributed by atoms with Gasteiger partial charge in [0.2, 0.25) is 0 Å². The van der Waals surface area contributed by atoms with Crippen molar-refractivity contribution in [3.05, 3.63) is 75.3 Å². The minimum Gasteiger partial charge on any atom is -0.258 e. The van der Waals surface area contributed by atoms with Gasteiger partial charge in [-0.05, 0) is 30.4 Å². The molecule has 0 radical (unpaired) electrons. The summed E-state index contributed by atoms with van der Waals surface area (Å²) < 4.78 is 0. The summed E-state index contributed by atoms with van der Waals surface area (Å²) in [5.41, 5.74) is 2.96. The maximum atomic E-state index is 11.0. The van der Waals surface area contributed by atoms with Crippen LogP contribution in [0, 0.1) is 23.0 Å². The molecule has 21 heavy (non-hydrogen) atoms. The van der Waals surface area contributed by atoms with Crippen molar-refractivity contribution < 1.29 is 4.92 Å². The van der Waals surface area contributed by atoms with Crippen LogP contribution in [-0.2, 0) is 6.42 Å². The minimum atomic E-state index is -0.334. The first-order chi connectivity index (χ1) is 10.0. The normalized spacial score (nSPS) is 13.7. The second kappa shape index (κ2) is 6.72. The van der Waals surface area contributed by atoms with Crippen LogP contribution in [0.4, 0.5) is 5.69 Å². The summed E-state index contributed by atoms with van der Waals surface area (Å²) >= 11 is 6.53. The Labute approximate surface area is 129 Å². The molecule has 2 unspecified atom stereocenters. The van der Waals surface area contributed by atoms with Crippen molar-refractivity contribution in [1.82, 2.24) is 0 Å². The molecule has 0 bridgehead atoms. The molecule has 0 aliphatic heterocycles. The summed E-state index contributed by atoms with van der Waals surface area (Å²) in [4.78, 5) is 10.7. The Balaban J connectivity index is 2.18. The number of hydrogen-bond donors (Lipinski definition) is 0. The Morgan fingerprint density at radius 2 is 1.81 bits per heavy atom. The molecular formula is C17H18ClNO2. The Morgan fingerprint density at radius 3 is 2.43 bits per heavy atom. The summed E-state index contributed by atoms with van der Waals surface area (Å²) in [5.74, 6) is 0.190. The smallest absolute Gasteiger partial charge is 0.258 e. The van der Waals surface area contributed by atoms with Gasteiger partial charge in [0.05, 0.1) is 10.3 Å². The molecule has 0 spiro atoms. The lowest BCUT2D eigenvalue weighted by atomic mass is 9.91. The fraction of sp³-hybridized carbons (Fsp3) is 0.294. The number of nitro groups is 1. The predicted molar refractivity (Wildman–Crippen MR) is 85.7 cm³/mol. The first-order valence-electron chi connectivity index (χ1n) is 6.92. The van der Waals surface area contributed by atoms with Crippen molar-refractivity contribution in [2.75, 3.05) is 0 Å². The van der Waals surface area contributed by atoms with Gasteiger partial charge in [-0.2, -0.15) is 0 Å². The van der Waals surface area contributed by atoms with Crippen molar-refractivity contribution in [1.29, 1.82) is 0 Å². The molecule has 2 aromatic rings. The average molecular weight is 304 g/mol. The minimum absolute atomic E-state index is 0.107. The van der Waals surface area contributed by atoms with Gasteiger partial charge in [-0.1, -0.05) is 49.4 Å². The van der Waals surface area contributed by atoms with Crippen molar-refractivity contribution in [2.24, 2.45) is 5.92 Å². The molecule has 2 atom stereocenters. The maximum Gasteiger partial charge on any atom is 0.272 e. The number of nitrogens with zero attached hydrogens (tertiary/aromatic N) is 1. The number of benzene rings is 2. The molecule has 4 heteroatoms. The Bertz CT molecular complexity index is 628. The number of halogens is 1. The van der Waals surface area contributed by atoms with Gasteiger partial charge < -0.3 is 0 Å². The van der Waals surface area contributed by atoms with Gasteiger partial charge in [0.25, 0.3) is 5.69 Å². The third-order valence-corrected chi connectivity index (χ3v) is 4.46. The fourth-order valence-corrected chi connectivity index (χ4v) is 2.74. The molecule has 2 aromatic carbocycles. The standard InChI is InChI=1S/C17H18ClNO2/c1-12(17(18)14-7-4-3-5-8-14)11-15-9-6-10-16(13(15)2)19(20)21/h3-10,12,17H,11H2,1-2H3. The Morgan fingerprint density at radius 1 is 1.14 bits per heavy atom. The molecule has 0 heterocycles. The molecule has 2 rings (SSSR count). The Kier molecular flexibility index (Phi) is 4.97. The van der Waals surface area contributed by atoms with Crippen molar-refractivity contribution in [3.8, 4) is 0 Å². The molecule has 0 aliphatic rings. The SMILES string of the molecule is Cc1c(CC(C)C(Cl)c2ccccc2)cccc1[N+](=O)[O-]. The number of nitro benzene ring substituents is 1. The van der Waals surface area contributed by atoms with Crippen LogP contribution in [0.3, 0.4) is 0 Å². The van der Waals surface area contributed by atoms with Crippen molar-refractivity contribution in [2.45, 2.75) is 25.6 Å². The highest BCUT2D eigenvalue weighted by Gasteiger charge is 2.20. The molecule has 3 nitrogen and oxygen atoms in total. The van der Waals surface area contributed by atoms with Crippen LogP contribution in [0.5, 0.6) is 0 Å².